The number of esters is 1. The lowest BCUT2D eigenvalue weighted by Gasteiger charge is -2.23. The van der Waals surface area contributed by atoms with Crippen LogP contribution in [0.3, 0.4) is 0 Å². The van der Waals surface area contributed by atoms with Gasteiger partial charge in [0.1, 0.15) is 19.9 Å². The minimum absolute atomic E-state index is 0.0369. The van der Waals surface area contributed by atoms with E-state index >= 15 is 0 Å². The Bertz CT molecular complexity index is 869. The van der Waals surface area contributed by atoms with Gasteiger partial charge in [0.2, 0.25) is 0 Å². The van der Waals surface area contributed by atoms with Crippen LogP contribution in [0, 0.1) is 0 Å². The van der Waals surface area contributed by atoms with E-state index in [0.29, 0.717) is 0 Å². The molecule has 27 heavy (non-hydrogen) atoms. The molecule has 0 amide bonds. The molecule has 1 fully saturated rings. The number of carbonyl (C=O) groups excluding carboxylic acids is 1. The molecule has 0 aromatic carbocycles. The molecule has 150 valence electrons. The maximum absolute atomic E-state index is 12.1. The summed E-state index contributed by atoms with van der Waals surface area (Å²) in [7, 11) is -1.34. The minimum Gasteiger partial charge on any atom is -0.779 e. The summed E-state index contributed by atoms with van der Waals surface area (Å²) in [5, 5.41) is 0. The van der Waals surface area contributed by atoms with Crippen molar-refractivity contribution in [2.45, 2.75) is 24.9 Å². The summed E-state index contributed by atoms with van der Waals surface area (Å²) in [6.45, 7) is 0.674. The Hall–Kier alpha value is -2.04. The molecule has 1 aromatic heterocycles. The fraction of sp³-hybridized carbons (Fsp3) is 0.533. The lowest BCUT2D eigenvalue weighted by Crippen LogP contribution is -2.33. The van der Waals surface area contributed by atoms with Crippen LogP contribution < -0.4 is 16.1 Å². The number of methoxy groups -OCH3 is 2. The fourth-order valence-corrected chi connectivity index (χ4v) is 2.96. The molecule has 1 aliphatic heterocycles. The first kappa shape index (κ1) is 21.3. The van der Waals surface area contributed by atoms with Crippen molar-refractivity contribution in [1.29, 1.82) is 0 Å². The predicted molar refractivity (Wildman–Crippen MR) is 91.2 cm³/mol. The van der Waals surface area contributed by atoms with E-state index in [2.05, 4.69) is 9.72 Å². The van der Waals surface area contributed by atoms with Crippen LogP contribution in [0.4, 0.5) is 0 Å². The van der Waals surface area contributed by atoms with Gasteiger partial charge in [-0.15, -0.1) is 0 Å². The van der Waals surface area contributed by atoms with Crippen LogP contribution in [0.15, 0.2) is 21.9 Å². The second-order valence-corrected chi connectivity index (χ2v) is 7.61. The molecule has 1 aromatic rings. The molecule has 1 aliphatic rings. The van der Waals surface area contributed by atoms with Gasteiger partial charge in [0.15, 0.2) is 0 Å². The van der Waals surface area contributed by atoms with Crippen LogP contribution in [0.5, 0.6) is 0 Å². The molecule has 2 unspecified atom stereocenters. The lowest BCUT2D eigenvalue weighted by molar-refractivity contribution is -0.200. The maximum atomic E-state index is 12.1. The van der Waals surface area contributed by atoms with Crippen molar-refractivity contribution in [3.8, 4) is 0 Å². The standard InChI is InChI=1S/C15H21N2O9P/c1-23-10-6-12(26-11(10)8-25-27(3,21)22)17-7-9(4-5-13(18)24-2)14(19)16-15(17)20/h4-5,7,10-12H,6,8H2,1-3H3,(H,21,22)(H,16,19,20)/p-1/b5-4+/t10?,11-,12-/m1/s1. The molecule has 0 bridgehead atoms. The van der Waals surface area contributed by atoms with E-state index < -0.39 is 43.2 Å². The highest BCUT2D eigenvalue weighted by Crippen LogP contribution is 2.35. The Kier molecular flexibility index (Phi) is 6.90. The first-order valence-corrected chi connectivity index (χ1v) is 9.86. The minimum atomic E-state index is -3.95. The zero-order valence-electron chi connectivity index (χ0n) is 14.9. The van der Waals surface area contributed by atoms with E-state index in [1.165, 1.54) is 26.5 Å². The molecule has 0 radical (unpaired) electrons. The molecule has 4 atom stereocenters. The van der Waals surface area contributed by atoms with E-state index in [-0.39, 0.29) is 18.6 Å². The summed E-state index contributed by atoms with van der Waals surface area (Å²) in [5.41, 5.74) is -1.37. The van der Waals surface area contributed by atoms with Gasteiger partial charge in [-0.1, -0.05) is 0 Å². The summed E-state index contributed by atoms with van der Waals surface area (Å²) < 4.78 is 32.5. The fourth-order valence-electron chi connectivity index (χ4n) is 2.54. The van der Waals surface area contributed by atoms with Gasteiger partial charge in [-0.05, 0) is 6.08 Å². The topological polar surface area (TPSA) is 149 Å². The zero-order chi connectivity index (χ0) is 20.2. The third-order valence-electron chi connectivity index (χ3n) is 3.86. The Morgan fingerprint density at radius 3 is 2.78 bits per heavy atom. The average molecular weight is 403 g/mol. The quantitative estimate of drug-likeness (QED) is 0.352. The van der Waals surface area contributed by atoms with Gasteiger partial charge < -0.3 is 28.2 Å². The number of aromatic amines is 1. The molecule has 2 heterocycles. The van der Waals surface area contributed by atoms with E-state index in [9.17, 15) is 23.8 Å². The monoisotopic (exact) mass is 403 g/mol. The Labute approximate surface area is 154 Å². The predicted octanol–water partition coefficient (Wildman–Crippen LogP) is -0.775. The highest BCUT2D eigenvalue weighted by molar-refractivity contribution is 7.50. The Balaban J connectivity index is 2.25. The van der Waals surface area contributed by atoms with Crippen LogP contribution in [0.25, 0.3) is 6.08 Å². The number of H-pyrrole nitrogens is 1. The van der Waals surface area contributed by atoms with Crippen LogP contribution in [-0.4, -0.2) is 55.2 Å². The van der Waals surface area contributed by atoms with Crippen molar-refractivity contribution in [2.24, 2.45) is 0 Å². The van der Waals surface area contributed by atoms with Crippen molar-refractivity contribution in [3.05, 3.63) is 38.7 Å². The van der Waals surface area contributed by atoms with Gasteiger partial charge in [-0.2, -0.15) is 0 Å². The first-order valence-electron chi connectivity index (χ1n) is 7.87. The molecular formula is C15H20N2O9P-. The van der Waals surface area contributed by atoms with Crippen LogP contribution in [0.2, 0.25) is 0 Å². The molecule has 0 saturated carbocycles. The molecule has 0 spiro atoms. The van der Waals surface area contributed by atoms with Gasteiger partial charge in [0.05, 0.1) is 25.4 Å². The van der Waals surface area contributed by atoms with Gasteiger partial charge in [-0.25, -0.2) is 9.59 Å². The van der Waals surface area contributed by atoms with Gasteiger partial charge in [0, 0.05) is 32.5 Å². The number of hydrogen-bond donors (Lipinski definition) is 1. The van der Waals surface area contributed by atoms with Crippen LogP contribution >= 0.6 is 7.60 Å². The SMILES string of the molecule is COC(=O)/C=C/c1cn([C@H]2CC(OC)[C@@H](COP(C)(=O)[O-])O2)c(=O)[nH]c1=O. The number of ether oxygens (including phenoxy) is 3. The summed E-state index contributed by atoms with van der Waals surface area (Å²) in [5.74, 6) is -0.664. The third kappa shape index (κ3) is 5.72. The highest BCUT2D eigenvalue weighted by atomic mass is 31.2. The smallest absolute Gasteiger partial charge is 0.330 e. The van der Waals surface area contributed by atoms with Gasteiger partial charge >= 0.3 is 11.7 Å². The second kappa shape index (κ2) is 8.77. The van der Waals surface area contributed by atoms with Crippen molar-refractivity contribution in [1.82, 2.24) is 9.55 Å². The molecule has 12 heteroatoms. The first-order chi connectivity index (χ1) is 12.6. The number of aromatic nitrogens is 2. The van der Waals surface area contributed by atoms with E-state index in [1.54, 1.807) is 0 Å². The van der Waals surface area contributed by atoms with E-state index in [0.717, 1.165) is 17.3 Å². The average Bonchev–Trinajstić information content (AvgIpc) is 3.01. The molecule has 1 saturated heterocycles. The van der Waals surface area contributed by atoms with Gasteiger partial charge in [-0.3, -0.25) is 14.3 Å². The lowest BCUT2D eigenvalue weighted by atomic mass is 10.2. The summed E-state index contributed by atoms with van der Waals surface area (Å²) in [6.07, 6.45) is 1.64. The maximum Gasteiger partial charge on any atom is 0.330 e. The normalized spacial score (nSPS) is 24.8. The third-order valence-corrected chi connectivity index (χ3v) is 4.48. The number of carbonyl (C=O) groups is 1. The number of hydrogen-bond acceptors (Lipinski definition) is 9. The largest absolute Gasteiger partial charge is 0.779 e. The number of nitrogens with one attached hydrogen (secondary N) is 1. The van der Waals surface area contributed by atoms with E-state index in [1.807, 2.05) is 0 Å². The Morgan fingerprint density at radius 1 is 1.48 bits per heavy atom. The second-order valence-electron chi connectivity index (χ2n) is 5.81. The molecule has 1 N–H and O–H groups in total. The Morgan fingerprint density at radius 2 is 2.19 bits per heavy atom. The van der Waals surface area contributed by atoms with Crippen LogP contribution in [-0.2, 0) is 28.1 Å². The number of rotatable bonds is 7. The summed E-state index contributed by atoms with van der Waals surface area (Å²) in [6, 6.07) is 0. The molecular weight excluding hydrogens is 383 g/mol. The highest BCUT2D eigenvalue weighted by Gasteiger charge is 2.37. The van der Waals surface area contributed by atoms with Crippen molar-refractivity contribution >= 4 is 19.6 Å². The summed E-state index contributed by atoms with van der Waals surface area (Å²) in [4.78, 5) is 48.5. The van der Waals surface area contributed by atoms with E-state index in [4.69, 9.17) is 14.0 Å². The summed E-state index contributed by atoms with van der Waals surface area (Å²) >= 11 is 0. The zero-order valence-corrected chi connectivity index (χ0v) is 15.8. The molecule has 0 aliphatic carbocycles. The van der Waals surface area contributed by atoms with Crippen LogP contribution in [0.1, 0.15) is 18.2 Å². The van der Waals surface area contributed by atoms with Gasteiger partial charge in [0.25, 0.3) is 5.56 Å². The molecule has 2 rings (SSSR count). The van der Waals surface area contributed by atoms with Crippen molar-refractivity contribution in [2.75, 3.05) is 27.5 Å². The van der Waals surface area contributed by atoms with Crippen molar-refractivity contribution in [3.63, 3.8) is 0 Å². The van der Waals surface area contributed by atoms with Crippen molar-refractivity contribution < 1.29 is 33.0 Å². The number of nitrogens with zero attached hydrogens (tertiary/aromatic N) is 1. The molecule has 11 nitrogen and oxygen atoms in total.